The topological polar surface area (TPSA) is 93.1 Å². The van der Waals surface area contributed by atoms with Crippen LogP contribution in [0, 0.1) is 5.92 Å². The van der Waals surface area contributed by atoms with E-state index in [0.29, 0.717) is 44.9 Å². The molecule has 25 heavy (non-hydrogen) atoms. The summed E-state index contributed by atoms with van der Waals surface area (Å²) in [5.74, 6) is -0.367. The van der Waals surface area contributed by atoms with Crippen LogP contribution in [0.15, 0.2) is 0 Å². The minimum absolute atomic E-state index is 0.0715. The normalized spacial score (nSPS) is 31.2. The molecule has 0 saturated heterocycles. The molecule has 2 aliphatic rings. The molecule has 1 atom stereocenters. The predicted molar refractivity (Wildman–Crippen MR) is 91.7 cm³/mol. The van der Waals surface area contributed by atoms with Gasteiger partial charge in [0.15, 0.2) is 0 Å². The van der Waals surface area contributed by atoms with Crippen LogP contribution in [-0.4, -0.2) is 46.6 Å². The van der Waals surface area contributed by atoms with Crippen molar-refractivity contribution in [2.45, 2.75) is 102 Å². The van der Waals surface area contributed by atoms with Crippen LogP contribution >= 0.6 is 0 Å². The highest BCUT2D eigenvalue weighted by molar-refractivity contribution is 5.71. The van der Waals surface area contributed by atoms with Crippen molar-refractivity contribution in [3.63, 3.8) is 0 Å². The van der Waals surface area contributed by atoms with Crippen molar-refractivity contribution in [1.29, 1.82) is 0 Å². The van der Waals surface area contributed by atoms with E-state index in [1.807, 2.05) is 6.92 Å². The highest BCUT2D eigenvalue weighted by Crippen LogP contribution is 2.24. The average Bonchev–Trinajstić information content (AvgIpc) is 2.57. The predicted octanol–water partition coefficient (Wildman–Crippen LogP) is 2.49. The number of aliphatic hydroxyl groups is 2. The minimum Gasteiger partial charge on any atom is -0.462 e. The Morgan fingerprint density at radius 1 is 0.840 bits per heavy atom. The van der Waals surface area contributed by atoms with Crippen molar-refractivity contribution in [1.82, 2.24) is 0 Å². The van der Waals surface area contributed by atoms with Crippen LogP contribution in [0.2, 0.25) is 0 Å². The van der Waals surface area contributed by atoms with E-state index in [9.17, 15) is 19.8 Å². The Hall–Kier alpha value is -1.14. The first-order valence-corrected chi connectivity index (χ1v) is 9.67. The van der Waals surface area contributed by atoms with Gasteiger partial charge in [-0.15, -0.1) is 0 Å². The maximum atomic E-state index is 12.0. The molecule has 0 amide bonds. The molecule has 2 rings (SSSR count). The van der Waals surface area contributed by atoms with Crippen molar-refractivity contribution in [3.05, 3.63) is 0 Å². The first-order valence-electron chi connectivity index (χ1n) is 9.67. The zero-order valence-corrected chi connectivity index (χ0v) is 15.2. The van der Waals surface area contributed by atoms with Crippen LogP contribution in [0.4, 0.5) is 0 Å². The molecule has 0 aromatic carbocycles. The number of hydrogen-bond acceptors (Lipinski definition) is 6. The molecule has 0 heterocycles. The molecule has 0 bridgehead atoms. The Labute approximate surface area is 149 Å². The SMILES string of the molecule is C[C@H](CCC(=O)O[C@H]1CC[C@H](O)CC1)CC(=O)O[C@H]1CC[C@H](O)CC1. The van der Waals surface area contributed by atoms with E-state index in [2.05, 4.69) is 0 Å². The zero-order valence-electron chi connectivity index (χ0n) is 15.2. The highest BCUT2D eigenvalue weighted by Gasteiger charge is 2.24. The molecule has 6 heteroatoms. The molecule has 2 N–H and O–H groups in total. The van der Waals surface area contributed by atoms with E-state index in [4.69, 9.17) is 9.47 Å². The van der Waals surface area contributed by atoms with Gasteiger partial charge in [0, 0.05) is 12.8 Å². The number of rotatable bonds is 7. The Balaban J connectivity index is 1.57. The fraction of sp³-hybridized carbons (Fsp3) is 0.895. The minimum atomic E-state index is -0.257. The highest BCUT2D eigenvalue weighted by atomic mass is 16.5. The van der Waals surface area contributed by atoms with Gasteiger partial charge in [-0.1, -0.05) is 6.92 Å². The van der Waals surface area contributed by atoms with Crippen molar-refractivity contribution in [2.24, 2.45) is 5.92 Å². The molecule has 2 saturated carbocycles. The van der Waals surface area contributed by atoms with Crippen LogP contribution in [0.25, 0.3) is 0 Å². The number of hydrogen-bond donors (Lipinski definition) is 2. The standard InChI is InChI=1S/C19H32O6/c1-13(12-19(23)25-17-9-5-15(21)6-10-17)2-11-18(22)24-16-7-3-14(20)4-8-16/h13-17,20-21H,2-12H2,1H3/t13-,14-,15-,16-,17-/m1/s1. The molecular formula is C19H32O6. The maximum absolute atomic E-state index is 12.0. The van der Waals surface area contributed by atoms with E-state index in [0.717, 1.165) is 25.7 Å². The lowest BCUT2D eigenvalue weighted by molar-refractivity contribution is -0.154. The van der Waals surface area contributed by atoms with Crippen LogP contribution in [0.5, 0.6) is 0 Å². The fourth-order valence-corrected chi connectivity index (χ4v) is 3.56. The second-order valence-electron chi connectivity index (χ2n) is 7.69. The van der Waals surface area contributed by atoms with Gasteiger partial charge in [-0.05, 0) is 63.7 Å². The molecule has 2 aliphatic carbocycles. The summed E-state index contributed by atoms with van der Waals surface area (Å²) in [4.78, 5) is 23.9. The summed E-state index contributed by atoms with van der Waals surface area (Å²) in [5.41, 5.74) is 0. The lowest BCUT2D eigenvalue weighted by Crippen LogP contribution is -2.27. The molecule has 0 aromatic heterocycles. The van der Waals surface area contributed by atoms with Crippen LogP contribution in [0.1, 0.15) is 77.6 Å². The van der Waals surface area contributed by atoms with E-state index in [1.165, 1.54) is 0 Å². The van der Waals surface area contributed by atoms with Gasteiger partial charge in [-0.25, -0.2) is 0 Å². The lowest BCUT2D eigenvalue weighted by atomic mass is 9.95. The largest absolute Gasteiger partial charge is 0.462 e. The summed E-state index contributed by atoms with van der Waals surface area (Å²) in [6, 6.07) is 0. The van der Waals surface area contributed by atoms with E-state index < -0.39 is 0 Å². The van der Waals surface area contributed by atoms with Gasteiger partial charge in [0.2, 0.25) is 0 Å². The summed E-state index contributed by atoms with van der Waals surface area (Å²) in [6.45, 7) is 1.94. The summed E-state index contributed by atoms with van der Waals surface area (Å²) < 4.78 is 10.9. The second-order valence-corrected chi connectivity index (χ2v) is 7.69. The van der Waals surface area contributed by atoms with Gasteiger partial charge in [0.1, 0.15) is 12.2 Å². The molecule has 6 nitrogen and oxygen atoms in total. The monoisotopic (exact) mass is 356 g/mol. The Bertz CT molecular complexity index is 422. The molecule has 0 aromatic rings. The third kappa shape index (κ3) is 7.74. The van der Waals surface area contributed by atoms with E-state index in [1.54, 1.807) is 0 Å². The first kappa shape index (κ1) is 20.2. The molecule has 0 radical (unpaired) electrons. The van der Waals surface area contributed by atoms with E-state index >= 15 is 0 Å². The third-order valence-electron chi connectivity index (χ3n) is 5.24. The van der Waals surface area contributed by atoms with Gasteiger partial charge in [-0.2, -0.15) is 0 Å². The third-order valence-corrected chi connectivity index (χ3v) is 5.24. The number of carbonyl (C=O) groups is 2. The smallest absolute Gasteiger partial charge is 0.306 e. The molecule has 2 fully saturated rings. The molecule has 144 valence electrons. The Morgan fingerprint density at radius 3 is 1.76 bits per heavy atom. The zero-order chi connectivity index (χ0) is 18.2. The van der Waals surface area contributed by atoms with Crippen molar-refractivity contribution in [2.75, 3.05) is 0 Å². The second kappa shape index (κ2) is 10.1. The summed E-state index contributed by atoms with van der Waals surface area (Å²) in [5, 5.41) is 18.9. The molecular weight excluding hydrogens is 324 g/mol. The van der Waals surface area contributed by atoms with E-state index in [-0.39, 0.29) is 42.3 Å². The van der Waals surface area contributed by atoms with Gasteiger partial charge < -0.3 is 19.7 Å². The van der Waals surface area contributed by atoms with Crippen molar-refractivity contribution in [3.8, 4) is 0 Å². The first-order chi connectivity index (χ1) is 11.9. The average molecular weight is 356 g/mol. The van der Waals surface area contributed by atoms with Crippen molar-refractivity contribution < 1.29 is 29.3 Å². The number of aliphatic hydroxyl groups excluding tert-OH is 2. The van der Waals surface area contributed by atoms with Gasteiger partial charge in [0.25, 0.3) is 0 Å². The fourth-order valence-electron chi connectivity index (χ4n) is 3.56. The summed E-state index contributed by atoms with van der Waals surface area (Å²) in [6.07, 6.45) is 6.24. The van der Waals surface area contributed by atoms with Gasteiger partial charge >= 0.3 is 11.9 Å². The van der Waals surface area contributed by atoms with Crippen molar-refractivity contribution >= 4 is 11.9 Å². The summed E-state index contributed by atoms with van der Waals surface area (Å²) in [7, 11) is 0. The van der Waals surface area contributed by atoms with Gasteiger partial charge in [0.05, 0.1) is 12.2 Å². The van der Waals surface area contributed by atoms with Crippen LogP contribution in [-0.2, 0) is 19.1 Å². The summed E-state index contributed by atoms with van der Waals surface area (Å²) >= 11 is 0. The number of ether oxygens (including phenoxy) is 2. The Morgan fingerprint density at radius 2 is 1.28 bits per heavy atom. The number of carbonyl (C=O) groups excluding carboxylic acids is 2. The molecule has 0 unspecified atom stereocenters. The quantitative estimate of drug-likeness (QED) is 0.681. The Kier molecular flexibility index (Phi) is 8.16. The van der Waals surface area contributed by atoms with Crippen LogP contribution < -0.4 is 0 Å². The lowest BCUT2D eigenvalue weighted by Gasteiger charge is -2.26. The van der Waals surface area contributed by atoms with Gasteiger partial charge in [-0.3, -0.25) is 9.59 Å². The molecule has 0 aliphatic heterocycles. The maximum Gasteiger partial charge on any atom is 0.306 e. The van der Waals surface area contributed by atoms with Crippen LogP contribution in [0.3, 0.4) is 0 Å². The number of esters is 2. The molecule has 0 spiro atoms.